The quantitative estimate of drug-likeness (QED) is 0.306. The second-order valence-corrected chi connectivity index (χ2v) is 2.54. The van der Waals surface area contributed by atoms with Crippen molar-refractivity contribution in [1.82, 2.24) is 0 Å². The Morgan fingerprint density at radius 3 is 2.71 bits per heavy atom. The Balaban J connectivity index is 4.58. The standard InChI is InChI=1S/C10H15NO3/c1-4-9(10(13)14-3)7-8(2)11-5-6-12/h4,7,12H,1,5-6H2,2-3H3/b9-7+,11-8?. The summed E-state index contributed by atoms with van der Waals surface area (Å²) in [6.07, 6.45) is 2.97. The maximum Gasteiger partial charge on any atom is 0.337 e. The zero-order valence-corrected chi connectivity index (χ0v) is 8.49. The van der Waals surface area contributed by atoms with Gasteiger partial charge in [-0.25, -0.2) is 4.79 Å². The first-order valence-corrected chi connectivity index (χ1v) is 4.20. The Hall–Kier alpha value is -1.42. The van der Waals surface area contributed by atoms with Crippen molar-refractivity contribution in [3.05, 3.63) is 24.3 Å². The zero-order valence-electron chi connectivity index (χ0n) is 8.49. The van der Waals surface area contributed by atoms with E-state index in [9.17, 15) is 4.79 Å². The average molecular weight is 197 g/mol. The van der Waals surface area contributed by atoms with Gasteiger partial charge in [0.2, 0.25) is 0 Å². The lowest BCUT2D eigenvalue weighted by Gasteiger charge is -1.99. The van der Waals surface area contributed by atoms with Crippen LogP contribution in [0, 0.1) is 0 Å². The fraction of sp³-hybridized carbons (Fsp3) is 0.400. The average Bonchev–Trinajstić information content (AvgIpc) is 2.21. The van der Waals surface area contributed by atoms with Gasteiger partial charge in [-0.3, -0.25) is 4.99 Å². The van der Waals surface area contributed by atoms with Crippen molar-refractivity contribution in [2.75, 3.05) is 20.3 Å². The molecule has 0 rings (SSSR count). The summed E-state index contributed by atoms with van der Waals surface area (Å²) in [6, 6.07) is 0. The number of methoxy groups -OCH3 is 1. The molecule has 0 aliphatic heterocycles. The van der Waals surface area contributed by atoms with Gasteiger partial charge in [-0.15, -0.1) is 0 Å². The topological polar surface area (TPSA) is 58.9 Å². The van der Waals surface area contributed by atoms with Crippen molar-refractivity contribution >= 4 is 11.7 Å². The van der Waals surface area contributed by atoms with Crippen molar-refractivity contribution in [2.45, 2.75) is 6.92 Å². The first-order chi connectivity index (χ1) is 6.65. The highest BCUT2D eigenvalue weighted by Crippen LogP contribution is 1.99. The van der Waals surface area contributed by atoms with E-state index in [2.05, 4.69) is 16.3 Å². The molecular weight excluding hydrogens is 182 g/mol. The summed E-state index contributed by atoms with van der Waals surface area (Å²) in [4.78, 5) is 15.1. The molecule has 0 fully saturated rings. The van der Waals surface area contributed by atoms with Crippen LogP contribution in [0.1, 0.15) is 6.92 Å². The molecule has 0 atom stereocenters. The van der Waals surface area contributed by atoms with Crippen LogP contribution in [-0.2, 0) is 9.53 Å². The molecule has 0 radical (unpaired) electrons. The molecule has 78 valence electrons. The van der Waals surface area contributed by atoms with E-state index in [1.54, 1.807) is 13.0 Å². The lowest BCUT2D eigenvalue weighted by Crippen LogP contribution is -2.04. The van der Waals surface area contributed by atoms with Crippen LogP contribution in [0.15, 0.2) is 29.3 Å². The molecule has 0 saturated carbocycles. The number of aliphatic hydroxyl groups is 1. The lowest BCUT2D eigenvalue weighted by atomic mass is 10.2. The first-order valence-electron chi connectivity index (χ1n) is 4.20. The number of nitrogens with zero attached hydrogens (tertiary/aromatic N) is 1. The molecule has 0 aromatic carbocycles. The van der Waals surface area contributed by atoms with Gasteiger partial charge in [-0.1, -0.05) is 12.7 Å². The number of carbonyl (C=O) groups excluding carboxylic acids is 1. The molecule has 0 spiro atoms. The van der Waals surface area contributed by atoms with Crippen LogP contribution in [0.2, 0.25) is 0 Å². The normalized spacial score (nSPS) is 12.5. The number of allylic oxidation sites excluding steroid dienone is 1. The van der Waals surface area contributed by atoms with Crippen LogP contribution >= 0.6 is 0 Å². The van der Waals surface area contributed by atoms with Crippen LogP contribution in [0.3, 0.4) is 0 Å². The molecule has 0 unspecified atom stereocenters. The highest BCUT2D eigenvalue weighted by molar-refractivity contribution is 6.02. The van der Waals surface area contributed by atoms with E-state index >= 15 is 0 Å². The van der Waals surface area contributed by atoms with Gasteiger partial charge in [0, 0.05) is 5.71 Å². The number of hydrogen-bond donors (Lipinski definition) is 1. The molecule has 4 heteroatoms. The van der Waals surface area contributed by atoms with Crippen LogP contribution in [0.25, 0.3) is 0 Å². The van der Waals surface area contributed by atoms with Gasteiger partial charge >= 0.3 is 5.97 Å². The smallest absolute Gasteiger partial charge is 0.337 e. The number of esters is 1. The minimum Gasteiger partial charge on any atom is -0.465 e. The summed E-state index contributed by atoms with van der Waals surface area (Å²) in [5, 5.41) is 8.52. The highest BCUT2D eigenvalue weighted by Gasteiger charge is 2.04. The summed E-state index contributed by atoms with van der Waals surface area (Å²) in [5.74, 6) is -0.446. The number of rotatable bonds is 5. The van der Waals surface area contributed by atoms with Crippen LogP contribution in [-0.4, -0.2) is 37.0 Å². The van der Waals surface area contributed by atoms with E-state index in [0.717, 1.165) is 0 Å². The number of hydrogen-bond acceptors (Lipinski definition) is 4. The van der Waals surface area contributed by atoms with Gasteiger partial charge < -0.3 is 9.84 Å². The van der Waals surface area contributed by atoms with Gasteiger partial charge in [0.15, 0.2) is 0 Å². The largest absolute Gasteiger partial charge is 0.465 e. The van der Waals surface area contributed by atoms with Crippen molar-refractivity contribution in [2.24, 2.45) is 4.99 Å². The molecule has 0 aliphatic carbocycles. The SMILES string of the molecule is C=C/C(=C\C(C)=NCCO)C(=O)OC. The molecule has 1 N–H and O–H groups in total. The van der Waals surface area contributed by atoms with Crippen molar-refractivity contribution in [3.8, 4) is 0 Å². The minimum atomic E-state index is -0.446. The molecule has 4 nitrogen and oxygen atoms in total. The summed E-state index contributed by atoms with van der Waals surface area (Å²) < 4.78 is 4.53. The lowest BCUT2D eigenvalue weighted by molar-refractivity contribution is -0.135. The Morgan fingerprint density at radius 2 is 2.29 bits per heavy atom. The molecular formula is C10H15NO3. The summed E-state index contributed by atoms with van der Waals surface area (Å²) in [7, 11) is 1.31. The third kappa shape index (κ3) is 4.57. The molecule has 0 aliphatic rings. The molecule has 0 saturated heterocycles. The van der Waals surface area contributed by atoms with Gasteiger partial charge in [-0.2, -0.15) is 0 Å². The predicted molar refractivity (Wildman–Crippen MR) is 55.4 cm³/mol. The van der Waals surface area contributed by atoms with Crippen LogP contribution < -0.4 is 0 Å². The minimum absolute atomic E-state index is 0.00712. The van der Waals surface area contributed by atoms with Gasteiger partial charge in [-0.05, 0) is 13.0 Å². The van der Waals surface area contributed by atoms with E-state index in [1.807, 2.05) is 0 Å². The Bertz CT molecular complexity index is 267. The van der Waals surface area contributed by atoms with Gasteiger partial charge in [0.25, 0.3) is 0 Å². The molecule has 0 aromatic heterocycles. The van der Waals surface area contributed by atoms with Crippen molar-refractivity contribution in [3.63, 3.8) is 0 Å². The number of ether oxygens (including phenoxy) is 1. The highest BCUT2D eigenvalue weighted by atomic mass is 16.5. The van der Waals surface area contributed by atoms with E-state index in [1.165, 1.54) is 13.2 Å². The molecule has 0 amide bonds. The second kappa shape index (κ2) is 7.03. The van der Waals surface area contributed by atoms with Crippen molar-refractivity contribution < 1.29 is 14.6 Å². The van der Waals surface area contributed by atoms with Gasteiger partial charge in [0.05, 0.1) is 25.8 Å². The zero-order chi connectivity index (χ0) is 11.0. The van der Waals surface area contributed by atoms with E-state index < -0.39 is 5.97 Å². The third-order valence-corrected chi connectivity index (χ3v) is 1.47. The molecule has 14 heavy (non-hydrogen) atoms. The van der Waals surface area contributed by atoms with E-state index in [-0.39, 0.29) is 6.61 Å². The molecule has 0 bridgehead atoms. The second-order valence-electron chi connectivity index (χ2n) is 2.54. The number of aliphatic hydroxyl groups excluding tert-OH is 1. The maximum atomic E-state index is 11.1. The maximum absolute atomic E-state index is 11.1. The number of aliphatic imine (C=N–C) groups is 1. The van der Waals surface area contributed by atoms with Crippen molar-refractivity contribution in [1.29, 1.82) is 0 Å². The van der Waals surface area contributed by atoms with Gasteiger partial charge in [0.1, 0.15) is 0 Å². The van der Waals surface area contributed by atoms with Crippen LogP contribution in [0.4, 0.5) is 0 Å². The van der Waals surface area contributed by atoms with E-state index in [0.29, 0.717) is 17.8 Å². The van der Waals surface area contributed by atoms with E-state index in [4.69, 9.17) is 5.11 Å². The Morgan fingerprint density at radius 1 is 1.64 bits per heavy atom. The molecule has 0 aromatic rings. The first kappa shape index (κ1) is 12.6. The summed E-state index contributed by atoms with van der Waals surface area (Å²) >= 11 is 0. The predicted octanol–water partition coefficient (Wildman–Crippen LogP) is 0.725. The third-order valence-electron chi connectivity index (χ3n) is 1.47. The Labute approximate surface area is 83.6 Å². The summed E-state index contributed by atoms with van der Waals surface area (Å²) in [5.41, 5.74) is 1.01. The van der Waals surface area contributed by atoms with Crippen LogP contribution in [0.5, 0.6) is 0 Å². The summed E-state index contributed by atoms with van der Waals surface area (Å²) in [6.45, 7) is 5.55. The Kier molecular flexibility index (Phi) is 6.32. The molecule has 0 heterocycles. The fourth-order valence-electron chi connectivity index (χ4n) is 0.816. The number of carbonyl (C=O) groups is 1. The monoisotopic (exact) mass is 197 g/mol. The fourth-order valence-corrected chi connectivity index (χ4v) is 0.816.